The third-order valence-corrected chi connectivity index (χ3v) is 3.84. The lowest BCUT2D eigenvalue weighted by molar-refractivity contribution is -0.115. The number of thiophene rings is 1. The first-order valence-corrected chi connectivity index (χ1v) is 7.75. The van der Waals surface area contributed by atoms with E-state index < -0.39 is 0 Å². The summed E-state index contributed by atoms with van der Waals surface area (Å²) >= 11 is 1.53. The van der Waals surface area contributed by atoms with E-state index in [9.17, 15) is 9.18 Å². The topological polar surface area (TPSA) is 66.9 Å². The summed E-state index contributed by atoms with van der Waals surface area (Å²) in [5, 5.41) is 15.5. The summed E-state index contributed by atoms with van der Waals surface area (Å²) in [4.78, 5) is 12.9. The average Bonchev–Trinajstić information content (AvgIpc) is 3.04. The fourth-order valence-corrected chi connectivity index (χ4v) is 2.61. The normalized spacial score (nSPS) is 10.3. The maximum atomic E-state index is 12.8. The molecule has 5 nitrogen and oxygen atoms in total. The molecule has 3 rings (SSSR count). The lowest BCUT2D eigenvalue weighted by atomic mass is 10.3. The van der Waals surface area contributed by atoms with Crippen molar-refractivity contribution in [2.24, 2.45) is 0 Å². The molecule has 3 aromatic rings. The van der Waals surface area contributed by atoms with Crippen LogP contribution in [0.2, 0.25) is 0 Å². The molecular weight excluding hydrogens is 315 g/mol. The van der Waals surface area contributed by atoms with E-state index in [0.717, 1.165) is 4.88 Å². The molecule has 0 fully saturated rings. The highest BCUT2D eigenvalue weighted by molar-refractivity contribution is 7.10. The number of nitrogens with one attached hydrogen (secondary N) is 2. The van der Waals surface area contributed by atoms with Crippen molar-refractivity contribution in [3.63, 3.8) is 0 Å². The van der Waals surface area contributed by atoms with E-state index >= 15 is 0 Å². The molecule has 1 aromatic carbocycles. The number of halogens is 1. The average molecular weight is 328 g/mol. The largest absolute Gasteiger partial charge is 0.339 e. The second-order valence-electron chi connectivity index (χ2n) is 4.74. The Balaban J connectivity index is 1.58. The van der Waals surface area contributed by atoms with Crippen LogP contribution in [-0.4, -0.2) is 16.1 Å². The minimum absolute atomic E-state index is 0.138. The molecule has 0 aliphatic heterocycles. The van der Waals surface area contributed by atoms with Crippen molar-refractivity contribution < 1.29 is 9.18 Å². The van der Waals surface area contributed by atoms with Crippen LogP contribution in [0.3, 0.4) is 0 Å². The third kappa shape index (κ3) is 4.33. The van der Waals surface area contributed by atoms with Crippen molar-refractivity contribution >= 4 is 34.6 Å². The quantitative estimate of drug-likeness (QED) is 0.751. The molecule has 0 saturated carbocycles. The molecular formula is C16H13FN4OS. The van der Waals surface area contributed by atoms with Gasteiger partial charge in [0.25, 0.3) is 0 Å². The van der Waals surface area contributed by atoms with Crippen LogP contribution in [-0.2, 0) is 11.2 Å². The minimum atomic E-state index is -0.301. The van der Waals surface area contributed by atoms with Crippen LogP contribution in [0.4, 0.5) is 21.7 Å². The van der Waals surface area contributed by atoms with Gasteiger partial charge in [-0.25, -0.2) is 4.39 Å². The summed E-state index contributed by atoms with van der Waals surface area (Å²) in [6, 6.07) is 13.1. The molecule has 2 aromatic heterocycles. The molecule has 0 aliphatic carbocycles. The van der Waals surface area contributed by atoms with E-state index in [4.69, 9.17) is 0 Å². The molecule has 0 spiro atoms. The molecule has 23 heavy (non-hydrogen) atoms. The number of hydrogen-bond acceptors (Lipinski definition) is 5. The summed E-state index contributed by atoms with van der Waals surface area (Å²) in [7, 11) is 0. The van der Waals surface area contributed by atoms with Crippen molar-refractivity contribution in [2.75, 3.05) is 10.6 Å². The highest BCUT2D eigenvalue weighted by Gasteiger charge is 2.06. The number of amides is 1. The van der Waals surface area contributed by atoms with E-state index in [0.29, 0.717) is 23.7 Å². The lowest BCUT2D eigenvalue weighted by Crippen LogP contribution is -2.15. The van der Waals surface area contributed by atoms with Gasteiger partial charge in [-0.2, -0.15) is 0 Å². The Labute approximate surface area is 136 Å². The Morgan fingerprint density at radius 2 is 1.78 bits per heavy atom. The van der Waals surface area contributed by atoms with Crippen molar-refractivity contribution in [1.29, 1.82) is 0 Å². The number of rotatable bonds is 5. The molecule has 0 unspecified atom stereocenters. The van der Waals surface area contributed by atoms with Gasteiger partial charge in [-0.15, -0.1) is 21.5 Å². The number of benzene rings is 1. The molecule has 1 amide bonds. The van der Waals surface area contributed by atoms with Gasteiger partial charge in [0.2, 0.25) is 5.91 Å². The number of aromatic nitrogens is 2. The van der Waals surface area contributed by atoms with Crippen molar-refractivity contribution in [3.8, 4) is 0 Å². The number of anilines is 3. The van der Waals surface area contributed by atoms with Crippen LogP contribution in [0.1, 0.15) is 4.88 Å². The summed E-state index contributed by atoms with van der Waals surface area (Å²) < 4.78 is 12.8. The van der Waals surface area contributed by atoms with Crippen molar-refractivity contribution in [2.45, 2.75) is 6.42 Å². The summed E-state index contributed by atoms with van der Waals surface area (Å²) in [6.45, 7) is 0. The third-order valence-electron chi connectivity index (χ3n) is 2.96. The molecule has 0 radical (unpaired) electrons. The number of carbonyl (C=O) groups excluding carboxylic acids is 1. The monoisotopic (exact) mass is 328 g/mol. The van der Waals surface area contributed by atoms with Crippen molar-refractivity contribution in [3.05, 3.63) is 64.6 Å². The Bertz CT molecular complexity index is 773. The Morgan fingerprint density at radius 3 is 2.43 bits per heavy atom. The maximum Gasteiger partial charge on any atom is 0.230 e. The molecule has 0 aliphatic rings. The highest BCUT2D eigenvalue weighted by atomic mass is 32.1. The SMILES string of the molecule is O=C(Cc1cccs1)Nc1ccc(Nc2ccc(F)cc2)nn1. The lowest BCUT2D eigenvalue weighted by Gasteiger charge is -2.06. The second kappa shape index (κ2) is 6.97. The van der Waals surface area contributed by atoms with Gasteiger partial charge >= 0.3 is 0 Å². The Kier molecular flexibility index (Phi) is 4.58. The Morgan fingerprint density at radius 1 is 1.04 bits per heavy atom. The van der Waals surface area contributed by atoms with Gasteiger partial charge in [0, 0.05) is 10.6 Å². The molecule has 116 valence electrons. The highest BCUT2D eigenvalue weighted by Crippen LogP contribution is 2.15. The number of hydrogen-bond donors (Lipinski definition) is 2. The maximum absolute atomic E-state index is 12.8. The van der Waals surface area contributed by atoms with Crippen LogP contribution in [0.25, 0.3) is 0 Å². The van der Waals surface area contributed by atoms with Gasteiger partial charge in [0.15, 0.2) is 11.6 Å². The predicted molar refractivity (Wildman–Crippen MR) is 88.4 cm³/mol. The van der Waals surface area contributed by atoms with E-state index in [1.807, 2.05) is 17.5 Å². The summed E-state index contributed by atoms with van der Waals surface area (Å²) in [5.41, 5.74) is 0.704. The van der Waals surface area contributed by atoms with Gasteiger partial charge in [-0.05, 0) is 47.8 Å². The van der Waals surface area contributed by atoms with Gasteiger partial charge in [-0.3, -0.25) is 4.79 Å². The second-order valence-corrected chi connectivity index (χ2v) is 5.77. The number of nitrogens with zero attached hydrogens (tertiary/aromatic N) is 2. The molecule has 0 atom stereocenters. The van der Waals surface area contributed by atoms with Crippen LogP contribution in [0.15, 0.2) is 53.9 Å². The number of carbonyl (C=O) groups is 1. The van der Waals surface area contributed by atoms with Gasteiger partial charge in [0.1, 0.15) is 5.82 Å². The molecule has 2 heterocycles. The van der Waals surface area contributed by atoms with Crippen LogP contribution in [0.5, 0.6) is 0 Å². The first-order chi connectivity index (χ1) is 11.2. The first kappa shape index (κ1) is 15.1. The van der Waals surface area contributed by atoms with E-state index in [-0.39, 0.29) is 11.7 Å². The smallest absolute Gasteiger partial charge is 0.230 e. The standard InChI is InChI=1S/C16H13FN4OS/c17-11-3-5-12(6-4-11)18-14-7-8-15(21-20-14)19-16(22)10-13-2-1-9-23-13/h1-9H,10H2,(H,18,20)(H,19,21,22). The zero-order valence-corrected chi connectivity index (χ0v) is 12.8. The molecule has 0 bridgehead atoms. The van der Waals surface area contributed by atoms with Crippen LogP contribution in [0, 0.1) is 5.82 Å². The van der Waals surface area contributed by atoms with Gasteiger partial charge < -0.3 is 10.6 Å². The van der Waals surface area contributed by atoms with Crippen molar-refractivity contribution in [1.82, 2.24) is 10.2 Å². The van der Waals surface area contributed by atoms with E-state index in [2.05, 4.69) is 20.8 Å². The summed E-state index contributed by atoms with van der Waals surface area (Å²) in [6.07, 6.45) is 0.314. The Hall–Kier alpha value is -2.80. The zero-order chi connectivity index (χ0) is 16.1. The predicted octanol–water partition coefficient (Wildman–Crippen LogP) is 3.60. The van der Waals surface area contributed by atoms with Gasteiger partial charge in [0.05, 0.1) is 6.42 Å². The minimum Gasteiger partial charge on any atom is -0.339 e. The van der Waals surface area contributed by atoms with Crippen LogP contribution < -0.4 is 10.6 Å². The van der Waals surface area contributed by atoms with E-state index in [1.54, 1.807) is 24.3 Å². The zero-order valence-electron chi connectivity index (χ0n) is 12.0. The molecule has 2 N–H and O–H groups in total. The fraction of sp³-hybridized carbons (Fsp3) is 0.0625. The fourth-order valence-electron chi connectivity index (χ4n) is 1.91. The van der Waals surface area contributed by atoms with Gasteiger partial charge in [-0.1, -0.05) is 6.07 Å². The molecule has 0 saturated heterocycles. The first-order valence-electron chi connectivity index (χ1n) is 6.87. The van der Waals surface area contributed by atoms with Crippen LogP contribution >= 0.6 is 11.3 Å². The summed E-state index contributed by atoms with van der Waals surface area (Å²) in [5.74, 6) is 0.454. The van der Waals surface area contributed by atoms with E-state index in [1.165, 1.54) is 23.5 Å². The molecule has 7 heteroatoms.